The van der Waals surface area contributed by atoms with Crippen LogP contribution in [0, 0.1) is 0 Å². The van der Waals surface area contributed by atoms with Gasteiger partial charge in [-0.1, -0.05) is 0 Å². The highest BCUT2D eigenvalue weighted by Gasteiger charge is 2.92. The van der Waals surface area contributed by atoms with E-state index in [9.17, 15) is 88.2 Å². The first kappa shape index (κ1) is 30.8. The number of carbonyl (C=O) groups is 1. The van der Waals surface area contributed by atoms with Crippen molar-refractivity contribution < 1.29 is 98.1 Å². The number of carboxylic acids is 1. The Kier molecular flexibility index (Phi) is 7.44. The highest BCUT2D eigenvalue weighted by atomic mass is 19.4. The van der Waals surface area contributed by atoms with Gasteiger partial charge in [-0.2, -0.15) is 79.0 Å². The minimum atomic E-state index is -8.80. The fraction of sp³-hybridized carbons (Fsp3) is 0.727. The molecule has 0 bridgehead atoms. The second-order valence-corrected chi connectivity index (χ2v) is 5.44. The Balaban J connectivity index is 6.79. The molecule has 0 saturated carbocycles. The summed E-state index contributed by atoms with van der Waals surface area (Å²) < 4.78 is 245. The molecule has 0 aromatic rings. The lowest BCUT2D eigenvalue weighted by atomic mass is 9.93. The van der Waals surface area contributed by atoms with Gasteiger partial charge in [0.15, 0.2) is 0 Å². The average Bonchev–Trinajstić information content (AvgIpc) is 2.57. The van der Waals surface area contributed by atoms with E-state index in [1.54, 1.807) is 0 Å². The van der Waals surface area contributed by atoms with E-state index in [4.69, 9.17) is 5.11 Å². The summed E-state index contributed by atoms with van der Waals surface area (Å²) in [6.07, 6.45) is -21.6. The maximum atomic E-state index is 13.3. The monoisotopic (exact) mass is 542 g/mol. The van der Waals surface area contributed by atoms with E-state index in [0.717, 1.165) is 0 Å². The van der Waals surface area contributed by atoms with E-state index in [0.29, 0.717) is 0 Å². The van der Waals surface area contributed by atoms with Crippen molar-refractivity contribution in [3.05, 3.63) is 11.7 Å². The van der Waals surface area contributed by atoms with Gasteiger partial charge >= 0.3 is 54.0 Å². The number of alkyl halides is 17. The largest absolute Gasteiger partial charge is 0.475 e. The zero-order chi connectivity index (χ0) is 27.4. The molecule has 22 heteroatoms. The number of hydrogen-bond acceptors (Lipinski definition) is 2. The molecule has 1 N–H and O–H groups in total. The lowest BCUT2D eigenvalue weighted by molar-refractivity contribution is -0.481. The van der Waals surface area contributed by atoms with Crippen molar-refractivity contribution >= 4 is 5.97 Å². The van der Waals surface area contributed by atoms with Crippen molar-refractivity contribution in [2.24, 2.45) is 0 Å². The topological polar surface area (TPSA) is 46.5 Å². The van der Waals surface area contributed by atoms with E-state index < -0.39 is 65.6 Å². The van der Waals surface area contributed by atoms with Crippen LogP contribution < -0.4 is 0 Å². The number of rotatable bonds is 9. The van der Waals surface area contributed by atoms with Gasteiger partial charge in [0.1, 0.15) is 0 Å². The lowest BCUT2D eigenvalue weighted by Crippen LogP contribution is -2.71. The fourth-order valence-corrected chi connectivity index (χ4v) is 1.44. The summed E-state index contributed by atoms with van der Waals surface area (Å²) in [5.74, 6) is -57.0. The third kappa shape index (κ3) is 4.61. The Bertz CT molecular complexity index is 791. The summed E-state index contributed by atoms with van der Waals surface area (Å²) >= 11 is 0. The summed E-state index contributed by atoms with van der Waals surface area (Å²) in [4.78, 5) is 9.80. The SMILES string of the molecule is O=C(O)C(F)(F)OC(F)(F)C(F)(F)C(F)(F)C(F)(F)C(F)(F)C(F)(F)/C(F)=C(\F)C(F)(F)F. The van der Waals surface area contributed by atoms with Gasteiger partial charge in [-0.15, -0.1) is 0 Å². The number of halogens is 19. The van der Waals surface area contributed by atoms with Crippen molar-refractivity contribution in [2.45, 2.75) is 48.0 Å². The van der Waals surface area contributed by atoms with Crippen LogP contribution in [-0.2, 0) is 9.53 Å². The zero-order valence-electron chi connectivity index (χ0n) is 13.9. The van der Waals surface area contributed by atoms with Crippen molar-refractivity contribution in [1.82, 2.24) is 0 Å². The Hall–Kier alpha value is -2.16. The molecule has 0 rings (SSSR count). The van der Waals surface area contributed by atoms with Gasteiger partial charge in [0.2, 0.25) is 11.7 Å². The maximum absolute atomic E-state index is 13.3. The second-order valence-electron chi connectivity index (χ2n) is 5.44. The van der Waals surface area contributed by atoms with Crippen LogP contribution in [0.2, 0.25) is 0 Å². The molecule has 0 unspecified atom stereocenters. The molecule has 0 heterocycles. The summed E-state index contributed by atoms with van der Waals surface area (Å²) in [6, 6.07) is 0. The number of carboxylic acid groups (broad SMARTS) is 1. The predicted molar refractivity (Wildman–Crippen MR) is 58.6 cm³/mol. The fourth-order valence-electron chi connectivity index (χ4n) is 1.44. The van der Waals surface area contributed by atoms with Crippen LogP contribution in [-0.4, -0.2) is 59.1 Å². The normalized spacial score (nSPS) is 16.6. The first-order chi connectivity index (χ1) is 14.0. The van der Waals surface area contributed by atoms with Crippen LogP contribution in [0.15, 0.2) is 11.7 Å². The third-order valence-electron chi connectivity index (χ3n) is 3.17. The minimum Gasteiger partial charge on any atom is -0.475 e. The molecule has 0 spiro atoms. The average molecular weight is 542 g/mol. The Morgan fingerprint density at radius 1 is 0.545 bits per heavy atom. The smallest absolute Gasteiger partial charge is 0.460 e. The highest BCUT2D eigenvalue weighted by molar-refractivity contribution is 5.73. The second kappa shape index (κ2) is 7.96. The van der Waals surface area contributed by atoms with Gasteiger partial charge in [-0.25, -0.2) is 13.9 Å². The number of aliphatic carboxylic acids is 1. The Morgan fingerprint density at radius 2 is 0.879 bits per heavy atom. The molecule has 0 atom stereocenters. The number of hydrogen-bond donors (Lipinski definition) is 1. The summed E-state index contributed by atoms with van der Waals surface area (Å²) in [5, 5.41) is 7.67. The minimum absolute atomic E-state index is 1.41. The van der Waals surface area contributed by atoms with Gasteiger partial charge < -0.3 is 5.11 Å². The van der Waals surface area contributed by atoms with Crippen LogP contribution in [0.1, 0.15) is 0 Å². The van der Waals surface area contributed by atoms with E-state index in [1.165, 1.54) is 4.74 Å². The molecule has 0 aromatic carbocycles. The first-order valence-electron chi connectivity index (χ1n) is 6.68. The van der Waals surface area contributed by atoms with E-state index in [2.05, 4.69) is 0 Å². The molecule has 0 aromatic heterocycles. The zero-order valence-corrected chi connectivity index (χ0v) is 13.9. The first-order valence-corrected chi connectivity index (χ1v) is 6.68. The predicted octanol–water partition coefficient (Wildman–Crippen LogP) is 6.16. The molecule has 0 aliphatic carbocycles. The van der Waals surface area contributed by atoms with E-state index in [-0.39, 0.29) is 0 Å². The molecule has 33 heavy (non-hydrogen) atoms. The van der Waals surface area contributed by atoms with Crippen LogP contribution in [0.4, 0.5) is 83.4 Å². The standard InChI is InChI=1S/C11HF19O3/c12-1(2(13)5(16,17)18)4(14,15)7(21,22)8(23,24)9(25,26)10(27,28)11(29,30)33-6(19,20)3(31)32/h(H,31,32)/b2-1+. The molecule has 0 amide bonds. The van der Waals surface area contributed by atoms with Crippen molar-refractivity contribution in [1.29, 1.82) is 0 Å². The van der Waals surface area contributed by atoms with Crippen molar-refractivity contribution in [3.63, 3.8) is 0 Å². The van der Waals surface area contributed by atoms with Crippen molar-refractivity contribution in [2.75, 3.05) is 0 Å². The maximum Gasteiger partial charge on any atom is 0.460 e. The number of allylic oxidation sites excluding steroid dienone is 2. The molecule has 0 radical (unpaired) electrons. The molecule has 196 valence electrons. The van der Waals surface area contributed by atoms with Crippen LogP contribution >= 0.6 is 0 Å². The Labute approximate surface area is 165 Å². The quantitative estimate of drug-likeness (QED) is 0.355. The number of ether oxygens (including phenoxy) is 1. The van der Waals surface area contributed by atoms with Gasteiger partial charge in [-0.05, 0) is 0 Å². The summed E-state index contributed by atoms with van der Waals surface area (Å²) in [6.45, 7) is 0. The molecule has 3 nitrogen and oxygen atoms in total. The molecule has 0 aliphatic rings. The van der Waals surface area contributed by atoms with Gasteiger partial charge in [-0.3, -0.25) is 0 Å². The van der Waals surface area contributed by atoms with Gasteiger partial charge in [0.25, 0.3) is 0 Å². The van der Waals surface area contributed by atoms with Gasteiger partial charge in [0, 0.05) is 0 Å². The van der Waals surface area contributed by atoms with E-state index >= 15 is 0 Å². The van der Waals surface area contributed by atoms with E-state index in [1.807, 2.05) is 0 Å². The lowest BCUT2D eigenvalue weighted by Gasteiger charge is -2.40. The van der Waals surface area contributed by atoms with Crippen LogP contribution in [0.25, 0.3) is 0 Å². The molecule has 0 saturated heterocycles. The van der Waals surface area contributed by atoms with Crippen molar-refractivity contribution in [3.8, 4) is 0 Å². The Morgan fingerprint density at radius 3 is 1.18 bits per heavy atom. The van der Waals surface area contributed by atoms with Crippen LogP contribution in [0.5, 0.6) is 0 Å². The third-order valence-corrected chi connectivity index (χ3v) is 3.17. The molecular weight excluding hydrogens is 541 g/mol. The highest BCUT2D eigenvalue weighted by Crippen LogP contribution is 2.62. The molecule has 0 fully saturated rings. The summed E-state index contributed by atoms with van der Waals surface area (Å²) in [5.41, 5.74) is 0. The summed E-state index contributed by atoms with van der Waals surface area (Å²) in [7, 11) is 0. The molecule has 0 aliphatic heterocycles. The van der Waals surface area contributed by atoms with Gasteiger partial charge in [0.05, 0.1) is 0 Å². The van der Waals surface area contributed by atoms with Crippen LogP contribution in [0.3, 0.4) is 0 Å². The molecular formula is C11HF19O3.